The van der Waals surface area contributed by atoms with Crippen molar-refractivity contribution < 1.29 is 9.90 Å². The van der Waals surface area contributed by atoms with Gasteiger partial charge in [0.15, 0.2) is 0 Å². The molecule has 0 bridgehead atoms. The van der Waals surface area contributed by atoms with E-state index in [9.17, 15) is 9.90 Å². The highest BCUT2D eigenvalue weighted by molar-refractivity contribution is 7.99. The van der Waals surface area contributed by atoms with Gasteiger partial charge >= 0.3 is 5.97 Å². The van der Waals surface area contributed by atoms with Gasteiger partial charge in [-0.25, -0.2) is 0 Å². The van der Waals surface area contributed by atoms with Gasteiger partial charge in [0, 0.05) is 5.25 Å². The minimum absolute atomic E-state index is 0.318. The third-order valence-electron chi connectivity index (χ3n) is 4.82. The van der Waals surface area contributed by atoms with Crippen LogP contribution in [-0.2, 0) is 4.79 Å². The molecule has 4 heteroatoms. The largest absolute Gasteiger partial charge is 0.480 e. The Hall–Kier alpha value is -0.220. The van der Waals surface area contributed by atoms with E-state index >= 15 is 0 Å². The second-order valence-electron chi connectivity index (χ2n) is 5.96. The van der Waals surface area contributed by atoms with Gasteiger partial charge in [0.25, 0.3) is 0 Å². The van der Waals surface area contributed by atoms with E-state index in [0.29, 0.717) is 5.92 Å². The summed E-state index contributed by atoms with van der Waals surface area (Å²) in [6.07, 6.45) is 9.49. The van der Waals surface area contributed by atoms with E-state index in [2.05, 4.69) is 17.1 Å². The van der Waals surface area contributed by atoms with Gasteiger partial charge in [-0.1, -0.05) is 26.2 Å². The number of nitrogens with one attached hydrogen (secondary N) is 1. The fourth-order valence-electron chi connectivity index (χ4n) is 3.81. The molecule has 2 saturated carbocycles. The van der Waals surface area contributed by atoms with E-state index < -0.39 is 11.5 Å². The van der Waals surface area contributed by atoms with Gasteiger partial charge in [-0.3, -0.25) is 4.79 Å². The Labute approximate surface area is 120 Å². The highest BCUT2D eigenvalue weighted by Gasteiger charge is 2.48. The quantitative estimate of drug-likeness (QED) is 0.753. The number of carbonyl (C=O) groups is 1. The molecule has 2 aliphatic rings. The zero-order chi connectivity index (χ0) is 13.7. The predicted octanol–water partition coefficient (Wildman–Crippen LogP) is 3.29. The molecule has 0 aromatic rings. The van der Waals surface area contributed by atoms with Gasteiger partial charge in [-0.15, -0.1) is 0 Å². The van der Waals surface area contributed by atoms with Crippen LogP contribution in [0.5, 0.6) is 0 Å². The molecular formula is C15H27NO2S. The van der Waals surface area contributed by atoms with Crippen LogP contribution in [0.4, 0.5) is 0 Å². The van der Waals surface area contributed by atoms with Gasteiger partial charge in [-0.05, 0) is 50.3 Å². The number of carboxylic acids is 1. The molecule has 0 aliphatic heterocycles. The summed E-state index contributed by atoms with van der Waals surface area (Å²) >= 11 is 2.08. The van der Waals surface area contributed by atoms with Gasteiger partial charge in [0.2, 0.25) is 0 Å². The molecule has 0 amide bonds. The number of hydrogen-bond donors (Lipinski definition) is 2. The van der Waals surface area contributed by atoms with E-state index in [0.717, 1.165) is 43.2 Å². The smallest absolute Gasteiger partial charge is 0.324 e. The van der Waals surface area contributed by atoms with Crippen LogP contribution in [-0.4, -0.2) is 34.2 Å². The van der Waals surface area contributed by atoms with Crippen molar-refractivity contribution >= 4 is 17.7 Å². The molecule has 0 spiro atoms. The lowest BCUT2D eigenvalue weighted by molar-refractivity contribution is -0.146. The number of thioether (sulfide) groups is 1. The lowest BCUT2D eigenvalue weighted by Crippen LogP contribution is -2.54. The monoisotopic (exact) mass is 285 g/mol. The van der Waals surface area contributed by atoms with Crippen molar-refractivity contribution in [3.8, 4) is 0 Å². The topological polar surface area (TPSA) is 49.3 Å². The molecule has 2 rings (SSSR count). The van der Waals surface area contributed by atoms with E-state index in [4.69, 9.17) is 0 Å². The molecule has 2 atom stereocenters. The Morgan fingerprint density at radius 1 is 1.32 bits per heavy atom. The number of hydrogen-bond acceptors (Lipinski definition) is 3. The molecule has 2 N–H and O–H groups in total. The van der Waals surface area contributed by atoms with E-state index in [1.807, 2.05) is 6.92 Å². The highest BCUT2D eigenvalue weighted by Crippen LogP contribution is 2.40. The summed E-state index contributed by atoms with van der Waals surface area (Å²) in [6.45, 7) is 2.76. The van der Waals surface area contributed by atoms with Gasteiger partial charge < -0.3 is 10.4 Å². The van der Waals surface area contributed by atoms with E-state index in [1.54, 1.807) is 0 Å². The van der Waals surface area contributed by atoms with Crippen molar-refractivity contribution in [1.82, 2.24) is 5.32 Å². The fraction of sp³-hybridized carbons (Fsp3) is 0.933. The summed E-state index contributed by atoms with van der Waals surface area (Å²) in [7, 11) is 0. The van der Waals surface area contributed by atoms with Crippen molar-refractivity contribution in [2.75, 3.05) is 12.3 Å². The van der Waals surface area contributed by atoms with Crippen LogP contribution in [0.1, 0.15) is 58.3 Å². The summed E-state index contributed by atoms with van der Waals surface area (Å²) in [5, 5.41) is 13.7. The van der Waals surface area contributed by atoms with Crippen molar-refractivity contribution in [2.24, 2.45) is 5.92 Å². The zero-order valence-electron chi connectivity index (χ0n) is 12.0. The maximum absolute atomic E-state index is 11.7. The van der Waals surface area contributed by atoms with Crippen LogP contribution in [0.3, 0.4) is 0 Å². The minimum Gasteiger partial charge on any atom is -0.480 e. The Morgan fingerprint density at radius 2 is 2.05 bits per heavy atom. The van der Waals surface area contributed by atoms with Crippen LogP contribution < -0.4 is 5.32 Å². The summed E-state index contributed by atoms with van der Waals surface area (Å²) < 4.78 is 0. The summed E-state index contributed by atoms with van der Waals surface area (Å²) in [4.78, 5) is 11.7. The van der Waals surface area contributed by atoms with Crippen molar-refractivity contribution in [3.05, 3.63) is 0 Å². The Balaban J connectivity index is 1.84. The van der Waals surface area contributed by atoms with Crippen LogP contribution >= 0.6 is 11.8 Å². The van der Waals surface area contributed by atoms with Crippen molar-refractivity contribution in [1.29, 1.82) is 0 Å². The number of likely N-dealkylation sites (N-methyl/N-ethyl adjacent to an activating group) is 1. The molecule has 19 heavy (non-hydrogen) atoms. The number of rotatable bonds is 7. The first-order valence-corrected chi connectivity index (χ1v) is 8.84. The first-order chi connectivity index (χ1) is 9.19. The zero-order valence-corrected chi connectivity index (χ0v) is 12.8. The fourth-order valence-corrected chi connectivity index (χ4v) is 5.23. The Kier molecular flexibility index (Phi) is 5.58. The molecule has 0 heterocycles. The van der Waals surface area contributed by atoms with E-state index in [1.165, 1.54) is 25.7 Å². The Morgan fingerprint density at radius 3 is 2.68 bits per heavy atom. The maximum Gasteiger partial charge on any atom is 0.324 e. The molecule has 2 aliphatic carbocycles. The summed E-state index contributed by atoms with van der Waals surface area (Å²) in [5.74, 6) is 0.817. The molecule has 3 nitrogen and oxygen atoms in total. The van der Waals surface area contributed by atoms with Crippen LogP contribution in [0.2, 0.25) is 0 Å². The SMILES string of the molecule is CCNC1(C(=O)O)CCCC1CCSC1CCCC1. The van der Waals surface area contributed by atoms with E-state index in [-0.39, 0.29) is 0 Å². The molecule has 0 aromatic carbocycles. The van der Waals surface area contributed by atoms with Crippen molar-refractivity contribution in [2.45, 2.75) is 69.1 Å². The van der Waals surface area contributed by atoms with Gasteiger partial charge in [0.1, 0.15) is 5.54 Å². The average Bonchev–Trinajstić information content (AvgIpc) is 3.01. The predicted molar refractivity (Wildman–Crippen MR) is 80.7 cm³/mol. The second kappa shape index (κ2) is 6.98. The van der Waals surface area contributed by atoms with Crippen LogP contribution in [0.15, 0.2) is 0 Å². The molecule has 2 fully saturated rings. The second-order valence-corrected chi connectivity index (χ2v) is 7.37. The minimum atomic E-state index is -0.636. The normalized spacial score (nSPS) is 31.9. The Bertz CT molecular complexity index is 305. The van der Waals surface area contributed by atoms with Gasteiger partial charge in [-0.2, -0.15) is 11.8 Å². The first-order valence-electron chi connectivity index (χ1n) is 7.79. The average molecular weight is 285 g/mol. The standard InChI is InChI=1S/C15H27NO2S/c1-2-16-15(14(17)18)10-5-6-12(15)9-11-19-13-7-3-4-8-13/h12-13,16H,2-11H2,1H3,(H,17,18). The van der Waals surface area contributed by atoms with Gasteiger partial charge in [0.05, 0.1) is 0 Å². The molecule has 0 radical (unpaired) electrons. The highest BCUT2D eigenvalue weighted by atomic mass is 32.2. The number of carboxylic acid groups (broad SMARTS) is 1. The van der Waals surface area contributed by atoms with Crippen LogP contribution in [0.25, 0.3) is 0 Å². The molecule has 2 unspecified atom stereocenters. The summed E-state index contributed by atoms with van der Waals surface area (Å²) in [6, 6.07) is 0. The molecule has 0 saturated heterocycles. The molecule has 110 valence electrons. The first kappa shape index (κ1) is 15.2. The number of aliphatic carboxylic acids is 1. The molecule has 0 aromatic heterocycles. The molecular weight excluding hydrogens is 258 g/mol. The van der Waals surface area contributed by atoms with Crippen molar-refractivity contribution in [3.63, 3.8) is 0 Å². The third-order valence-corrected chi connectivity index (χ3v) is 6.23. The lowest BCUT2D eigenvalue weighted by atomic mass is 9.85. The maximum atomic E-state index is 11.7. The third kappa shape index (κ3) is 3.46. The lowest BCUT2D eigenvalue weighted by Gasteiger charge is -2.32. The summed E-state index contributed by atoms with van der Waals surface area (Å²) in [5.41, 5.74) is -0.634. The van der Waals surface area contributed by atoms with Crippen LogP contribution in [0, 0.1) is 5.92 Å².